The van der Waals surface area contributed by atoms with Crippen LogP contribution < -0.4 is 16.6 Å². The first-order chi connectivity index (χ1) is 6.86. The van der Waals surface area contributed by atoms with Crippen molar-refractivity contribution in [2.75, 3.05) is 26.8 Å². The lowest BCUT2D eigenvalue weighted by Gasteiger charge is -2.22. The second kappa shape index (κ2) is 6.62. The molecule has 1 saturated heterocycles. The molecule has 0 aromatic rings. The van der Waals surface area contributed by atoms with Crippen molar-refractivity contribution in [1.82, 2.24) is 10.7 Å². The van der Waals surface area contributed by atoms with Crippen molar-refractivity contribution in [3.63, 3.8) is 0 Å². The lowest BCUT2D eigenvalue weighted by Crippen LogP contribution is -2.42. The highest BCUT2D eigenvalue weighted by molar-refractivity contribution is 5.78. The zero-order chi connectivity index (χ0) is 10.2. The Labute approximate surface area is 85.1 Å². The molecule has 1 rings (SSSR count). The highest BCUT2D eigenvalue weighted by Crippen LogP contribution is 2.17. The Bertz CT molecular complexity index is 178. The molecule has 4 N–H and O–H groups in total. The number of ether oxygens (including phenoxy) is 1. The normalized spacial score (nSPS) is 19.4. The predicted octanol–water partition coefficient (Wildman–Crippen LogP) is -0.158. The first-order valence-electron chi connectivity index (χ1n) is 5.12. The van der Waals surface area contributed by atoms with Crippen LogP contribution in [-0.4, -0.2) is 32.8 Å². The van der Waals surface area contributed by atoms with Gasteiger partial charge >= 0.3 is 0 Å². The fraction of sp³-hybridized carbons (Fsp3) is 0.889. The highest BCUT2D eigenvalue weighted by atomic mass is 16.5. The van der Waals surface area contributed by atoms with Crippen LogP contribution in [0.4, 0.5) is 0 Å². The van der Waals surface area contributed by atoms with Crippen molar-refractivity contribution in [1.29, 1.82) is 0 Å². The largest absolute Gasteiger partial charge is 0.381 e. The van der Waals surface area contributed by atoms with E-state index in [4.69, 9.17) is 10.6 Å². The molecule has 0 bridgehead atoms. The first-order valence-corrected chi connectivity index (χ1v) is 5.12. The van der Waals surface area contributed by atoms with E-state index in [0.29, 0.717) is 5.96 Å². The number of rotatable bonds is 3. The maximum Gasteiger partial charge on any atom is 0.205 e. The standard InChI is InChI=1S/C9H20N4O/c1-11-9(13-10)12-5-2-8-3-6-14-7-4-8/h8H,2-7,10H2,1H3,(H2,11,12,13). The number of hydrogen-bond donors (Lipinski definition) is 3. The van der Waals surface area contributed by atoms with E-state index in [0.717, 1.165) is 32.1 Å². The van der Waals surface area contributed by atoms with E-state index in [2.05, 4.69) is 15.7 Å². The summed E-state index contributed by atoms with van der Waals surface area (Å²) in [5.74, 6) is 6.67. The van der Waals surface area contributed by atoms with E-state index >= 15 is 0 Å². The van der Waals surface area contributed by atoms with Gasteiger partial charge in [0.05, 0.1) is 0 Å². The molecule has 1 aliphatic heterocycles. The zero-order valence-electron chi connectivity index (χ0n) is 8.75. The molecule has 0 aromatic carbocycles. The van der Waals surface area contributed by atoms with Crippen LogP contribution in [0.2, 0.25) is 0 Å². The van der Waals surface area contributed by atoms with Gasteiger partial charge in [0.1, 0.15) is 0 Å². The molecule has 82 valence electrons. The Morgan fingerprint density at radius 3 is 2.79 bits per heavy atom. The number of nitrogens with one attached hydrogen (secondary N) is 2. The molecule has 0 unspecified atom stereocenters. The van der Waals surface area contributed by atoms with E-state index < -0.39 is 0 Å². The van der Waals surface area contributed by atoms with Gasteiger partial charge in [-0.05, 0) is 25.2 Å². The Balaban J connectivity index is 2.07. The molecule has 14 heavy (non-hydrogen) atoms. The minimum atomic E-state index is 0.650. The van der Waals surface area contributed by atoms with Gasteiger partial charge in [-0.1, -0.05) is 0 Å². The number of guanidine groups is 1. The van der Waals surface area contributed by atoms with Crippen molar-refractivity contribution < 1.29 is 4.74 Å². The van der Waals surface area contributed by atoms with E-state index in [-0.39, 0.29) is 0 Å². The zero-order valence-corrected chi connectivity index (χ0v) is 8.75. The number of hydrazine groups is 1. The highest BCUT2D eigenvalue weighted by Gasteiger charge is 2.12. The van der Waals surface area contributed by atoms with Crippen LogP contribution in [0.25, 0.3) is 0 Å². The Morgan fingerprint density at radius 1 is 1.50 bits per heavy atom. The van der Waals surface area contributed by atoms with Crippen molar-refractivity contribution in [3.8, 4) is 0 Å². The van der Waals surface area contributed by atoms with Crippen LogP contribution in [0.3, 0.4) is 0 Å². The van der Waals surface area contributed by atoms with Crippen LogP contribution in [0.5, 0.6) is 0 Å². The third-order valence-electron chi connectivity index (χ3n) is 2.55. The predicted molar refractivity (Wildman–Crippen MR) is 56.8 cm³/mol. The molecule has 0 aromatic heterocycles. The van der Waals surface area contributed by atoms with Gasteiger partial charge in [-0.2, -0.15) is 0 Å². The van der Waals surface area contributed by atoms with Crippen LogP contribution in [0, 0.1) is 5.92 Å². The van der Waals surface area contributed by atoms with Gasteiger partial charge in [-0.15, -0.1) is 0 Å². The Morgan fingerprint density at radius 2 is 2.21 bits per heavy atom. The summed E-state index contributed by atoms with van der Waals surface area (Å²) < 4.78 is 5.29. The summed E-state index contributed by atoms with van der Waals surface area (Å²) in [6.45, 7) is 2.74. The maximum absolute atomic E-state index is 5.29. The lowest BCUT2D eigenvalue weighted by molar-refractivity contribution is 0.0643. The van der Waals surface area contributed by atoms with Crippen molar-refractivity contribution in [2.45, 2.75) is 19.3 Å². The van der Waals surface area contributed by atoms with Gasteiger partial charge in [0, 0.05) is 26.8 Å². The third kappa shape index (κ3) is 3.93. The van der Waals surface area contributed by atoms with E-state index in [9.17, 15) is 0 Å². The molecule has 0 spiro atoms. The molecule has 1 aliphatic rings. The van der Waals surface area contributed by atoms with E-state index in [1.807, 2.05) is 0 Å². The molecular formula is C9H20N4O. The summed E-state index contributed by atoms with van der Waals surface area (Å²) in [5.41, 5.74) is 2.50. The number of hydrogen-bond acceptors (Lipinski definition) is 3. The van der Waals surface area contributed by atoms with Gasteiger partial charge < -0.3 is 10.1 Å². The number of nitrogens with zero attached hydrogens (tertiary/aromatic N) is 1. The second-order valence-corrected chi connectivity index (χ2v) is 3.49. The molecule has 0 radical (unpaired) electrons. The van der Waals surface area contributed by atoms with Gasteiger partial charge in [-0.25, -0.2) is 5.84 Å². The molecular weight excluding hydrogens is 180 g/mol. The van der Waals surface area contributed by atoms with Crippen LogP contribution >= 0.6 is 0 Å². The average Bonchev–Trinajstić information content (AvgIpc) is 2.26. The maximum atomic E-state index is 5.29. The summed E-state index contributed by atoms with van der Waals surface area (Å²) in [5, 5.41) is 3.14. The SMILES string of the molecule is CN=C(NN)NCCC1CCOCC1. The van der Waals surface area contributed by atoms with E-state index in [1.165, 1.54) is 12.8 Å². The number of nitrogens with two attached hydrogens (primary N) is 1. The molecule has 0 amide bonds. The second-order valence-electron chi connectivity index (χ2n) is 3.49. The van der Waals surface area contributed by atoms with Crippen molar-refractivity contribution in [2.24, 2.45) is 16.8 Å². The third-order valence-corrected chi connectivity index (χ3v) is 2.55. The van der Waals surface area contributed by atoms with Crippen molar-refractivity contribution in [3.05, 3.63) is 0 Å². The van der Waals surface area contributed by atoms with Gasteiger partial charge in [0.2, 0.25) is 5.96 Å². The fourth-order valence-corrected chi connectivity index (χ4v) is 1.62. The summed E-state index contributed by atoms with van der Waals surface area (Å²) in [6.07, 6.45) is 3.51. The van der Waals surface area contributed by atoms with Crippen LogP contribution in [0.1, 0.15) is 19.3 Å². The quantitative estimate of drug-likeness (QED) is 0.256. The Kier molecular flexibility index (Phi) is 5.32. The summed E-state index contributed by atoms with van der Waals surface area (Å²) in [6, 6.07) is 0. The van der Waals surface area contributed by atoms with Crippen LogP contribution in [-0.2, 0) is 4.74 Å². The topological polar surface area (TPSA) is 71.7 Å². The molecule has 5 heteroatoms. The lowest BCUT2D eigenvalue weighted by atomic mass is 9.97. The molecule has 0 aliphatic carbocycles. The fourth-order valence-electron chi connectivity index (χ4n) is 1.62. The van der Waals surface area contributed by atoms with E-state index in [1.54, 1.807) is 7.05 Å². The van der Waals surface area contributed by atoms with Gasteiger partial charge in [0.15, 0.2) is 0 Å². The molecule has 1 heterocycles. The summed E-state index contributed by atoms with van der Waals surface area (Å²) in [4.78, 5) is 3.93. The summed E-state index contributed by atoms with van der Waals surface area (Å²) >= 11 is 0. The Hall–Kier alpha value is -0.810. The van der Waals surface area contributed by atoms with Crippen molar-refractivity contribution >= 4 is 5.96 Å². The molecule has 5 nitrogen and oxygen atoms in total. The minimum Gasteiger partial charge on any atom is -0.381 e. The van der Waals surface area contributed by atoms with Crippen LogP contribution in [0.15, 0.2) is 4.99 Å². The monoisotopic (exact) mass is 200 g/mol. The minimum absolute atomic E-state index is 0.650. The average molecular weight is 200 g/mol. The summed E-state index contributed by atoms with van der Waals surface area (Å²) in [7, 11) is 1.71. The molecule has 0 atom stereocenters. The van der Waals surface area contributed by atoms with Gasteiger partial charge in [-0.3, -0.25) is 10.4 Å². The number of aliphatic imine (C=N–C) groups is 1. The first kappa shape index (κ1) is 11.3. The van der Waals surface area contributed by atoms with Gasteiger partial charge in [0.25, 0.3) is 0 Å². The molecule has 1 fully saturated rings. The smallest absolute Gasteiger partial charge is 0.205 e. The molecule has 0 saturated carbocycles.